The Kier molecular flexibility index (Phi) is 9.62. The Morgan fingerprint density at radius 1 is 1.00 bits per heavy atom. The SMILES string of the molecule is Cl.Cl.Cn1nc(C2CCC(=O)NC2=O)c2ccc(C3CCN(CC4CCC5(CCNCC5)CC4)CC3)c(F)c21. The van der Waals surface area contributed by atoms with E-state index in [1.807, 2.05) is 12.1 Å². The van der Waals surface area contributed by atoms with Crippen molar-refractivity contribution in [1.29, 1.82) is 0 Å². The third-order valence-electron chi connectivity index (χ3n) is 9.95. The van der Waals surface area contributed by atoms with Crippen molar-refractivity contribution in [1.82, 2.24) is 25.3 Å². The lowest BCUT2D eigenvalue weighted by Gasteiger charge is -2.44. The number of carbonyl (C=O) groups excluding carboxylic acids is 2. The number of nitrogens with zero attached hydrogens (tertiary/aromatic N) is 3. The standard InChI is InChI=1S/C29H40FN5O2.2ClH/c1-34-27-22(26(33-34)23-4-5-24(36)32-28(23)37)3-2-21(25(27)30)20-8-16-35(17-9-20)18-19-6-10-29(11-7-19)12-14-31-15-13-29;;/h2-3,19-20,23,31H,4-18H2,1H3,(H,32,36,37);2*1H. The van der Waals surface area contributed by atoms with Crippen molar-refractivity contribution in [2.75, 3.05) is 32.7 Å². The first-order chi connectivity index (χ1) is 17.9. The number of likely N-dealkylation sites (tertiary alicyclic amines) is 1. The monoisotopic (exact) mass is 581 g/mol. The number of fused-ring (bicyclic) bond motifs is 1. The molecular formula is C29H42Cl2FN5O2. The number of hydrogen-bond acceptors (Lipinski definition) is 5. The second kappa shape index (κ2) is 12.4. The molecule has 216 valence electrons. The molecule has 4 fully saturated rings. The second-order valence-corrected chi connectivity index (χ2v) is 12.1. The minimum atomic E-state index is -0.515. The van der Waals surface area contributed by atoms with E-state index in [1.165, 1.54) is 58.2 Å². The summed E-state index contributed by atoms with van der Waals surface area (Å²) >= 11 is 0. The average molecular weight is 583 g/mol. The van der Waals surface area contributed by atoms with Crippen molar-refractivity contribution in [3.05, 3.63) is 29.2 Å². The Labute approximate surface area is 242 Å². The van der Waals surface area contributed by atoms with E-state index >= 15 is 4.39 Å². The first kappa shape index (κ1) is 30.2. The predicted octanol–water partition coefficient (Wildman–Crippen LogP) is 4.82. The highest BCUT2D eigenvalue weighted by Crippen LogP contribution is 2.45. The van der Waals surface area contributed by atoms with Crippen LogP contribution in [0, 0.1) is 17.2 Å². The summed E-state index contributed by atoms with van der Waals surface area (Å²) in [5.74, 6) is -0.292. The van der Waals surface area contributed by atoms with Crippen LogP contribution in [0.2, 0.25) is 0 Å². The number of piperidine rings is 3. The maximum atomic E-state index is 15.9. The molecule has 0 bridgehead atoms. The van der Waals surface area contributed by atoms with Gasteiger partial charge in [0.25, 0.3) is 0 Å². The summed E-state index contributed by atoms with van der Waals surface area (Å²) in [6.45, 7) is 5.63. The smallest absolute Gasteiger partial charge is 0.235 e. The highest BCUT2D eigenvalue weighted by Gasteiger charge is 2.37. The Balaban J connectivity index is 0.00000176. The van der Waals surface area contributed by atoms with Crippen LogP contribution in [0.3, 0.4) is 0 Å². The highest BCUT2D eigenvalue weighted by atomic mass is 35.5. The molecule has 0 radical (unpaired) electrons. The van der Waals surface area contributed by atoms with E-state index in [0.717, 1.165) is 37.4 Å². The largest absolute Gasteiger partial charge is 0.317 e. The van der Waals surface area contributed by atoms with Crippen molar-refractivity contribution in [3.63, 3.8) is 0 Å². The summed E-state index contributed by atoms with van der Waals surface area (Å²) in [6, 6.07) is 3.85. The van der Waals surface area contributed by atoms with Crippen LogP contribution in [0.1, 0.15) is 87.3 Å². The van der Waals surface area contributed by atoms with Gasteiger partial charge >= 0.3 is 0 Å². The molecule has 3 aliphatic heterocycles. The number of hydrogen-bond donors (Lipinski definition) is 2. The summed E-state index contributed by atoms with van der Waals surface area (Å²) in [5, 5.41) is 11.1. The third-order valence-corrected chi connectivity index (χ3v) is 9.95. The maximum Gasteiger partial charge on any atom is 0.235 e. The molecule has 6 rings (SSSR count). The van der Waals surface area contributed by atoms with Crippen molar-refractivity contribution in [2.45, 2.75) is 76.0 Å². The normalized spacial score (nSPS) is 24.8. The Bertz CT molecular complexity index is 1180. The van der Waals surface area contributed by atoms with Gasteiger partial charge in [-0.2, -0.15) is 5.10 Å². The second-order valence-electron chi connectivity index (χ2n) is 12.1. The Hall–Kier alpha value is -1.74. The lowest BCUT2D eigenvalue weighted by atomic mass is 9.65. The van der Waals surface area contributed by atoms with Crippen molar-refractivity contribution < 1.29 is 14.0 Å². The summed E-state index contributed by atoms with van der Waals surface area (Å²) in [4.78, 5) is 26.6. The molecule has 7 nitrogen and oxygen atoms in total. The van der Waals surface area contributed by atoms with E-state index in [2.05, 4.69) is 20.6 Å². The zero-order valence-corrected chi connectivity index (χ0v) is 24.5. The molecule has 1 aromatic carbocycles. The van der Waals surface area contributed by atoms with Gasteiger partial charge < -0.3 is 10.2 Å². The highest BCUT2D eigenvalue weighted by molar-refractivity contribution is 6.02. The predicted molar refractivity (Wildman–Crippen MR) is 155 cm³/mol. The van der Waals surface area contributed by atoms with E-state index in [9.17, 15) is 9.59 Å². The van der Waals surface area contributed by atoms with Gasteiger partial charge in [0.05, 0.1) is 11.6 Å². The van der Waals surface area contributed by atoms with Gasteiger partial charge in [-0.05, 0) is 107 Å². The number of imide groups is 1. The summed E-state index contributed by atoms with van der Waals surface area (Å²) < 4.78 is 17.4. The van der Waals surface area contributed by atoms with E-state index in [0.29, 0.717) is 28.4 Å². The number of halogens is 3. The van der Waals surface area contributed by atoms with Crippen LogP contribution in [0.25, 0.3) is 10.9 Å². The molecule has 1 saturated carbocycles. The number of nitrogens with one attached hydrogen (secondary N) is 2. The van der Waals surface area contributed by atoms with Gasteiger partial charge in [0.1, 0.15) is 5.52 Å². The van der Waals surface area contributed by atoms with E-state index < -0.39 is 5.92 Å². The number of rotatable bonds is 4. The molecule has 4 heterocycles. The fraction of sp³-hybridized carbons (Fsp3) is 0.690. The van der Waals surface area contributed by atoms with Crippen LogP contribution >= 0.6 is 24.8 Å². The summed E-state index contributed by atoms with van der Waals surface area (Å²) in [5.41, 5.74) is 2.43. The number of aryl methyl sites for hydroxylation is 1. The van der Waals surface area contributed by atoms with E-state index in [-0.39, 0.29) is 54.8 Å². The fourth-order valence-corrected chi connectivity index (χ4v) is 7.62. The van der Waals surface area contributed by atoms with Crippen molar-refractivity contribution in [3.8, 4) is 0 Å². The van der Waals surface area contributed by atoms with Gasteiger partial charge in [0.15, 0.2) is 5.82 Å². The van der Waals surface area contributed by atoms with Crippen LogP contribution in [-0.2, 0) is 16.6 Å². The molecule has 2 aromatic rings. The molecule has 2 N–H and O–H groups in total. The number of carbonyl (C=O) groups is 2. The van der Waals surface area contributed by atoms with Crippen LogP contribution in [0.4, 0.5) is 4.39 Å². The molecule has 1 atom stereocenters. The Morgan fingerprint density at radius 3 is 2.36 bits per heavy atom. The van der Waals surface area contributed by atoms with Crippen LogP contribution in [0.5, 0.6) is 0 Å². The molecule has 1 aliphatic carbocycles. The number of benzene rings is 1. The molecule has 3 saturated heterocycles. The zero-order valence-electron chi connectivity index (χ0n) is 22.8. The molecule has 2 amide bonds. The average Bonchev–Trinajstić information content (AvgIpc) is 3.24. The van der Waals surface area contributed by atoms with Gasteiger partial charge in [0.2, 0.25) is 11.8 Å². The first-order valence-electron chi connectivity index (χ1n) is 14.3. The molecule has 4 aliphatic rings. The van der Waals surface area contributed by atoms with E-state index in [4.69, 9.17) is 0 Å². The van der Waals surface area contributed by atoms with Crippen LogP contribution in [-0.4, -0.2) is 59.2 Å². The maximum absolute atomic E-state index is 15.9. The van der Waals surface area contributed by atoms with Gasteiger partial charge in [-0.15, -0.1) is 24.8 Å². The van der Waals surface area contributed by atoms with Gasteiger partial charge in [0, 0.05) is 25.4 Å². The molecule has 1 aromatic heterocycles. The molecule has 39 heavy (non-hydrogen) atoms. The lowest BCUT2D eigenvalue weighted by Crippen LogP contribution is -2.42. The number of amides is 2. The topological polar surface area (TPSA) is 79.3 Å². The quantitative estimate of drug-likeness (QED) is 0.506. The molecule has 10 heteroatoms. The van der Waals surface area contributed by atoms with Crippen LogP contribution in [0.15, 0.2) is 12.1 Å². The summed E-state index contributed by atoms with van der Waals surface area (Å²) in [6.07, 6.45) is 10.9. The minimum Gasteiger partial charge on any atom is -0.317 e. The van der Waals surface area contributed by atoms with Crippen LogP contribution < -0.4 is 10.6 Å². The minimum absolute atomic E-state index is 0. The Morgan fingerprint density at radius 2 is 1.69 bits per heavy atom. The molecule has 1 unspecified atom stereocenters. The molecule has 1 spiro atoms. The van der Waals surface area contributed by atoms with Crippen molar-refractivity contribution >= 4 is 47.5 Å². The molecular weight excluding hydrogens is 540 g/mol. The zero-order chi connectivity index (χ0) is 25.6. The van der Waals surface area contributed by atoms with E-state index in [1.54, 1.807) is 11.7 Å². The first-order valence-corrected chi connectivity index (χ1v) is 14.3. The third kappa shape index (κ3) is 5.99. The van der Waals surface area contributed by atoms with Gasteiger partial charge in [-0.25, -0.2) is 4.39 Å². The van der Waals surface area contributed by atoms with Gasteiger partial charge in [-0.3, -0.25) is 19.6 Å². The fourth-order valence-electron chi connectivity index (χ4n) is 7.62. The van der Waals surface area contributed by atoms with Gasteiger partial charge in [-0.1, -0.05) is 12.1 Å². The van der Waals surface area contributed by atoms with Crippen molar-refractivity contribution in [2.24, 2.45) is 18.4 Å². The lowest BCUT2D eigenvalue weighted by molar-refractivity contribution is -0.134. The summed E-state index contributed by atoms with van der Waals surface area (Å²) in [7, 11) is 1.74. The number of aromatic nitrogens is 2.